The van der Waals surface area contributed by atoms with Gasteiger partial charge in [-0.3, -0.25) is 9.59 Å². The van der Waals surface area contributed by atoms with Crippen molar-refractivity contribution in [2.75, 3.05) is 0 Å². The van der Waals surface area contributed by atoms with E-state index in [1.165, 1.54) is 0 Å². The van der Waals surface area contributed by atoms with Crippen LogP contribution in [0.2, 0.25) is 0 Å². The topological polar surface area (TPSA) is 121 Å². The molecule has 6 heteroatoms. The summed E-state index contributed by atoms with van der Waals surface area (Å²) in [6.07, 6.45) is -0.432. The minimum Gasteiger partial charge on any atom is -0.481 e. The third-order valence-electron chi connectivity index (χ3n) is 1.82. The third kappa shape index (κ3) is 6.38. The van der Waals surface area contributed by atoms with E-state index in [4.69, 9.17) is 15.9 Å². The maximum Gasteiger partial charge on any atom is 0.320 e. The van der Waals surface area contributed by atoms with Gasteiger partial charge < -0.3 is 21.1 Å². The molecule has 0 fully saturated rings. The quantitative estimate of drug-likeness (QED) is 0.440. The first-order valence-electron chi connectivity index (χ1n) is 4.31. The van der Waals surface area contributed by atoms with Gasteiger partial charge in [0, 0.05) is 6.42 Å². The van der Waals surface area contributed by atoms with E-state index in [-0.39, 0.29) is 25.7 Å². The molecule has 0 aromatic rings. The normalized spacial score (nSPS) is 14.7. The maximum atomic E-state index is 10.3. The van der Waals surface area contributed by atoms with E-state index < -0.39 is 24.1 Å². The van der Waals surface area contributed by atoms with E-state index in [0.717, 1.165) is 0 Å². The van der Waals surface area contributed by atoms with Crippen LogP contribution in [0.5, 0.6) is 0 Å². The zero-order valence-corrected chi connectivity index (χ0v) is 7.72. The Morgan fingerprint density at radius 2 is 1.71 bits per heavy atom. The lowest BCUT2D eigenvalue weighted by atomic mass is 10.1. The van der Waals surface area contributed by atoms with Gasteiger partial charge in [0.2, 0.25) is 0 Å². The first-order valence-corrected chi connectivity index (χ1v) is 4.31. The van der Waals surface area contributed by atoms with Crippen LogP contribution in [0.4, 0.5) is 0 Å². The van der Waals surface area contributed by atoms with Gasteiger partial charge in [0.1, 0.15) is 6.04 Å². The van der Waals surface area contributed by atoms with E-state index in [9.17, 15) is 14.7 Å². The van der Waals surface area contributed by atoms with Crippen LogP contribution in [0.3, 0.4) is 0 Å². The Bertz CT molecular complexity index is 206. The van der Waals surface area contributed by atoms with Crippen LogP contribution >= 0.6 is 0 Å². The standard InChI is InChI=1S/C8H15NO5/c9-6(8(13)14)3-1-5(10)2-4-7(11)12/h5-6,10H,1-4,9H2,(H,11,12)(H,13,14). The number of hydrogen-bond acceptors (Lipinski definition) is 4. The summed E-state index contributed by atoms with van der Waals surface area (Å²) in [6.45, 7) is 0. The van der Waals surface area contributed by atoms with Crippen LogP contribution < -0.4 is 5.73 Å². The molecule has 0 heterocycles. The molecular formula is C8H15NO5. The predicted octanol–water partition coefficient (Wildman–Crippen LogP) is -0.596. The second-order valence-electron chi connectivity index (χ2n) is 3.11. The van der Waals surface area contributed by atoms with Gasteiger partial charge in [0.25, 0.3) is 0 Å². The number of aliphatic hydroxyl groups excluding tert-OH is 1. The highest BCUT2D eigenvalue weighted by molar-refractivity contribution is 5.72. The Hall–Kier alpha value is -1.14. The largest absolute Gasteiger partial charge is 0.481 e. The minimum atomic E-state index is -1.12. The predicted molar refractivity (Wildman–Crippen MR) is 47.7 cm³/mol. The highest BCUT2D eigenvalue weighted by Gasteiger charge is 2.14. The highest BCUT2D eigenvalue weighted by atomic mass is 16.4. The van der Waals surface area contributed by atoms with E-state index in [1.807, 2.05) is 0 Å². The fourth-order valence-electron chi connectivity index (χ4n) is 0.930. The number of aliphatic carboxylic acids is 2. The molecule has 0 rings (SSSR count). The molecule has 0 aliphatic carbocycles. The van der Waals surface area contributed by atoms with E-state index in [1.54, 1.807) is 0 Å². The Morgan fingerprint density at radius 1 is 1.14 bits per heavy atom. The van der Waals surface area contributed by atoms with Gasteiger partial charge in [0.05, 0.1) is 6.10 Å². The zero-order valence-electron chi connectivity index (χ0n) is 7.72. The molecule has 0 aromatic carbocycles. The number of carboxylic acids is 2. The molecule has 0 saturated carbocycles. The Labute approximate surface area is 81.3 Å². The van der Waals surface area contributed by atoms with Crippen LogP contribution in [0.25, 0.3) is 0 Å². The zero-order chi connectivity index (χ0) is 11.1. The van der Waals surface area contributed by atoms with Gasteiger partial charge in [-0.25, -0.2) is 0 Å². The van der Waals surface area contributed by atoms with Crippen LogP contribution in [-0.2, 0) is 9.59 Å². The monoisotopic (exact) mass is 205 g/mol. The summed E-state index contributed by atoms with van der Waals surface area (Å²) >= 11 is 0. The summed E-state index contributed by atoms with van der Waals surface area (Å²) in [7, 11) is 0. The number of nitrogens with two attached hydrogens (primary N) is 1. The molecule has 0 aliphatic rings. The molecule has 0 radical (unpaired) electrons. The second-order valence-corrected chi connectivity index (χ2v) is 3.11. The summed E-state index contributed by atoms with van der Waals surface area (Å²) in [5, 5.41) is 25.9. The van der Waals surface area contributed by atoms with Crippen molar-refractivity contribution in [1.82, 2.24) is 0 Å². The molecule has 0 aliphatic heterocycles. The number of carbonyl (C=O) groups is 2. The fourth-order valence-corrected chi connectivity index (χ4v) is 0.930. The summed E-state index contributed by atoms with van der Waals surface area (Å²) in [6, 6.07) is -0.991. The summed E-state index contributed by atoms with van der Waals surface area (Å²) < 4.78 is 0. The van der Waals surface area contributed by atoms with Crippen molar-refractivity contribution < 1.29 is 24.9 Å². The summed E-state index contributed by atoms with van der Waals surface area (Å²) in [5.41, 5.74) is 5.19. The number of rotatable bonds is 7. The van der Waals surface area contributed by atoms with Crippen molar-refractivity contribution in [3.63, 3.8) is 0 Å². The molecule has 2 unspecified atom stereocenters. The lowest BCUT2D eigenvalue weighted by molar-refractivity contribution is -0.139. The second kappa shape index (κ2) is 6.33. The molecule has 0 amide bonds. The molecule has 0 aromatic heterocycles. The number of aliphatic hydroxyl groups is 1. The molecule has 14 heavy (non-hydrogen) atoms. The summed E-state index contributed by atoms with van der Waals surface area (Å²) in [4.78, 5) is 20.4. The van der Waals surface area contributed by atoms with Crippen molar-refractivity contribution in [2.45, 2.75) is 37.8 Å². The van der Waals surface area contributed by atoms with Crippen molar-refractivity contribution in [1.29, 1.82) is 0 Å². The molecule has 0 bridgehead atoms. The Morgan fingerprint density at radius 3 is 2.14 bits per heavy atom. The lowest BCUT2D eigenvalue weighted by Gasteiger charge is -2.10. The van der Waals surface area contributed by atoms with Gasteiger partial charge in [-0.2, -0.15) is 0 Å². The average Bonchev–Trinajstić information content (AvgIpc) is 2.10. The Balaban J connectivity index is 3.58. The van der Waals surface area contributed by atoms with Crippen LogP contribution in [0.1, 0.15) is 25.7 Å². The van der Waals surface area contributed by atoms with Crippen molar-refractivity contribution in [2.24, 2.45) is 5.73 Å². The van der Waals surface area contributed by atoms with Gasteiger partial charge in [-0.15, -0.1) is 0 Å². The molecule has 2 atom stereocenters. The molecule has 0 saturated heterocycles. The van der Waals surface area contributed by atoms with E-state index in [0.29, 0.717) is 0 Å². The fraction of sp³-hybridized carbons (Fsp3) is 0.750. The van der Waals surface area contributed by atoms with Gasteiger partial charge >= 0.3 is 11.9 Å². The van der Waals surface area contributed by atoms with Gasteiger partial charge in [-0.1, -0.05) is 0 Å². The Kier molecular flexibility index (Phi) is 5.82. The highest BCUT2D eigenvalue weighted by Crippen LogP contribution is 2.06. The van der Waals surface area contributed by atoms with E-state index >= 15 is 0 Å². The first kappa shape index (κ1) is 12.9. The third-order valence-corrected chi connectivity index (χ3v) is 1.82. The van der Waals surface area contributed by atoms with Crippen molar-refractivity contribution >= 4 is 11.9 Å². The number of carboxylic acid groups (broad SMARTS) is 2. The first-order chi connectivity index (χ1) is 6.43. The van der Waals surface area contributed by atoms with Crippen LogP contribution in [0, 0.1) is 0 Å². The van der Waals surface area contributed by atoms with Crippen molar-refractivity contribution in [3.8, 4) is 0 Å². The van der Waals surface area contributed by atoms with Gasteiger partial charge in [0.15, 0.2) is 0 Å². The lowest BCUT2D eigenvalue weighted by Crippen LogP contribution is -2.31. The molecule has 6 nitrogen and oxygen atoms in total. The minimum absolute atomic E-state index is 0.122. The summed E-state index contributed by atoms with van der Waals surface area (Å²) in [5.74, 6) is -2.10. The maximum absolute atomic E-state index is 10.3. The van der Waals surface area contributed by atoms with Crippen LogP contribution in [-0.4, -0.2) is 39.4 Å². The molecule has 82 valence electrons. The smallest absolute Gasteiger partial charge is 0.320 e. The van der Waals surface area contributed by atoms with E-state index in [2.05, 4.69) is 0 Å². The molecular weight excluding hydrogens is 190 g/mol. The molecule has 0 spiro atoms. The SMILES string of the molecule is NC(CCC(O)CCC(=O)O)C(=O)O. The van der Waals surface area contributed by atoms with Crippen molar-refractivity contribution in [3.05, 3.63) is 0 Å². The van der Waals surface area contributed by atoms with Crippen LogP contribution in [0.15, 0.2) is 0 Å². The number of hydrogen-bond donors (Lipinski definition) is 4. The molecule has 5 N–H and O–H groups in total. The van der Waals surface area contributed by atoms with Gasteiger partial charge in [-0.05, 0) is 19.3 Å². The average molecular weight is 205 g/mol.